The summed E-state index contributed by atoms with van der Waals surface area (Å²) in [6, 6.07) is 16.9. The zero-order valence-electron chi connectivity index (χ0n) is 15.3. The Hall–Kier alpha value is -3.59. The molecule has 3 heterocycles. The van der Waals surface area contributed by atoms with Gasteiger partial charge >= 0.3 is 0 Å². The summed E-state index contributed by atoms with van der Waals surface area (Å²) in [5.41, 5.74) is 2.54. The van der Waals surface area contributed by atoms with Gasteiger partial charge in [-0.2, -0.15) is 0 Å². The molecule has 0 fully saturated rings. The first-order valence-electron chi connectivity index (χ1n) is 8.89. The fraction of sp³-hybridized carbons (Fsp3) is 0.100. The number of pyridine rings is 1. The first kappa shape index (κ1) is 18.8. The molecule has 0 radical (unpaired) electrons. The molecule has 4 aromatic rings. The lowest BCUT2D eigenvalue weighted by Crippen LogP contribution is -2.25. The lowest BCUT2D eigenvalue weighted by molar-refractivity contribution is 0.0944. The molecule has 8 nitrogen and oxygen atoms in total. The highest BCUT2D eigenvalue weighted by molar-refractivity contribution is 7.98. The fourth-order valence-electron chi connectivity index (χ4n) is 2.63. The number of thioether (sulfide) groups is 1. The lowest BCUT2D eigenvalue weighted by Gasteiger charge is -2.08. The number of benzene rings is 1. The van der Waals surface area contributed by atoms with Crippen LogP contribution in [-0.2, 0) is 12.3 Å². The average Bonchev–Trinajstić information content (AvgIpc) is 3.22. The van der Waals surface area contributed by atoms with Gasteiger partial charge in [0, 0.05) is 24.3 Å². The summed E-state index contributed by atoms with van der Waals surface area (Å²) in [6.07, 6.45) is 5.06. The minimum Gasteiger partial charge on any atom is -0.345 e. The summed E-state index contributed by atoms with van der Waals surface area (Å²) in [5.74, 6) is 0.139. The number of amides is 1. The van der Waals surface area contributed by atoms with Crippen molar-refractivity contribution in [1.82, 2.24) is 35.3 Å². The number of nitrogens with one attached hydrogen (secondary N) is 1. The second-order valence-electron chi connectivity index (χ2n) is 5.96. The molecule has 29 heavy (non-hydrogen) atoms. The van der Waals surface area contributed by atoms with Gasteiger partial charge in [-0.1, -0.05) is 41.2 Å². The standard InChI is InChI=1S/C20H17N7OS/c28-19(24-13-15-7-4-5-10-21-15)18-17(14-29-20-22-11-6-12-23-20)27(26-25-18)16-8-2-1-3-9-16/h1-12H,13-14H2,(H,24,28). The van der Waals surface area contributed by atoms with Gasteiger partial charge in [0.05, 0.1) is 23.6 Å². The Morgan fingerprint density at radius 1 is 0.931 bits per heavy atom. The fourth-order valence-corrected chi connectivity index (χ4v) is 3.43. The third-order valence-corrected chi connectivity index (χ3v) is 4.90. The third-order valence-electron chi connectivity index (χ3n) is 4.02. The summed E-state index contributed by atoms with van der Waals surface area (Å²) < 4.78 is 1.67. The van der Waals surface area contributed by atoms with Crippen molar-refractivity contribution in [2.24, 2.45) is 0 Å². The number of carbonyl (C=O) groups excluding carboxylic acids is 1. The van der Waals surface area contributed by atoms with Crippen LogP contribution in [0.5, 0.6) is 0 Å². The summed E-state index contributed by atoms with van der Waals surface area (Å²) in [7, 11) is 0. The predicted molar refractivity (Wildman–Crippen MR) is 108 cm³/mol. The van der Waals surface area contributed by atoms with Gasteiger partial charge in [-0.25, -0.2) is 14.6 Å². The normalized spacial score (nSPS) is 10.6. The minimum absolute atomic E-state index is 0.271. The Labute approximate surface area is 171 Å². The maximum atomic E-state index is 12.8. The average molecular weight is 403 g/mol. The zero-order chi connectivity index (χ0) is 19.9. The zero-order valence-corrected chi connectivity index (χ0v) is 16.2. The van der Waals surface area contributed by atoms with Gasteiger partial charge in [0.15, 0.2) is 10.9 Å². The van der Waals surface area contributed by atoms with Crippen LogP contribution in [0.1, 0.15) is 21.9 Å². The van der Waals surface area contributed by atoms with Crippen LogP contribution in [0.4, 0.5) is 0 Å². The van der Waals surface area contributed by atoms with Crippen LogP contribution in [0.15, 0.2) is 78.3 Å². The van der Waals surface area contributed by atoms with Crippen molar-refractivity contribution >= 4 is 17.7 Å². The number of hydrogen-bond donors (Lipinski definition) is 1. The van der Waals surface area contributed by atoms with Gasteiger partial charge in [0.2, 0.25) is 0 Å². The van der Waals surface area contributed by atoms with Crippen molar-refractivity contribution in [3.05, 3.63) is 90.3 Å². The van der Waals surface area contributed by atoms with Gasteiger partial charge in [-0.15, -0.1) is 5.10 Å². The van der Waals surface area contributed by atoms with Crippen LogP contribution in [0.2, 0.25) is 0 Å². The Kier molecular flexibility index (Phi) is 5.87. The van der Waals surface area contributed by atoms with Gasteiger partial charge in [-0.3, -0.25) is 9.78 Å². The summed E-state index contributed by atoms with van der Waals surface area (Å²) in [6.45, 7) is 0.312. The van der Waals surface area contributed by atoms with Crippen molar-refractivity contribution < 1.29 is 4.79 Å². The number of hydrogen-bond acceptors (Lipinski definition) is 7. The molecule has 4 rings (SSSR count). The van der Waals surface area contributed by atoms with Crippen LogP contribution in [0, 0.1) is 0 Å². The smallest absolute Gasteiger partial charge is 0.274 e. The number of rotatable bonds is 7. The molecular weight excluding hydrogens is 386 g/mol. The van der Waals surface area contributed by atoms with E-state index in [0.717, 1.165) is 11.4 Å². The highest BCUT2D eigenvalue weighted by Gasteiger charge is 2.21. The number of aromatic nitrogens is 6. The molecule has 0 aliphatic carbocycles. The van der Waals surface area contributed by atoms with E-state index >= 15 is 0 Å². The molecule has 3 aromatic heterocycles. The summed E-state index contributed by atoms with van der Waals surface area (Å²) >= 11 is 1.42. The molecule has 0 saturated carbocycles. The Morgan fingerprint density at radius 2 is 1.69 bits per heavy atom. The van der Waals surface area contributed by atoms with E-state index in [2.05, 4.69) is 30.6 Å². The van der Waals surface area contributed by atoms with E-state index in [0.29, 0.717) is 23.1 Å². The molecule has 9 heteroatoms. The Balaban J connectivity index is 1.58. The quantitative estimate of drug-likeness (QED) is 0.374. The van der Waals surface area contributed by atoms with Crippen molar-refractivity contribution in [3.8, 4) is 5.69 Å². The SMILES string of the molecule is O=C(NCc1ccccn1)c1nnn(-c2ccccc2)c1CSc1ncccn1. The van der Waals surface area contributed by atoms with Gasteiger partial charge in [-0.05, 0) is 30.3 Å². The Bertz CT molecular complexity index is 1070. The van der Waals surface area contributed by atoms with Crippen molar-refractivity contribution in [3.63, 3.8) is 0 Å². The lowest BCUT2D eigenvalue weighted by atomic mass is 10.2. The molecule has 0 aliphatic heterocycles. The predicted octanol–water partition coefficient (Wildman–Crippen LogP) is 2.67. The molecule has 0 bridgehead atoms. The summed E-state index contributed by atoms with van der Waals surface area (Å²) in [4.78, 5) is 25.5. The van der Waals surface area contributed by atoms with Gasteiger partial charge in [0.25, 0.3) is 5.91 Å². The van der Waals surface area contributed by atoms with E-state index in [1.165, 1.54) is 11.8 Å². The van der Waals surface area contributed by atoms with E-state index in [1.807, 2.05) is 48.5 Å². The maximum Gasteiger partial charge on any atom is 0.274 e. The molecule has 0 unspecified atom stereocenters. The first-order chi connectivity index (χ1) is 14.3. The van der Waals surface area contributed by atoms with E-state index in [4.69, 9.17) is 0 Å². The van der Waals surface area contributed by atoms with Gasteiger partial charge in [0.1, 0.15) is 0 Å². The molecule has 0 atom stereocenters. The molecule has 0 saturated heterocycles. The van der Waals surface area contributed by atoms with E-state index < -0.39 is 0 Å². The third kappa shape index (κ3) is 4.64. The Morgan fingerprint density at radius 3 is 2.45 bits per heavy atom. The molecule has 144 valence electrons. The van der Waals surface area contributed by atoms with Crippen molar-refractivity contribution in [2.75, 3.05) is 0 Å². The molecule has 1 N–H and O–H groups in total. The molecule has 1 aromatic carbocycles. The molecule has 0 spiro atoms. The van der Waals surface area contributed by atoms with E-state index in [-0.39, 0.29) is 11.6 Å². The minimum atomic E-state index is -0.303. The van der Waals surface area contributed by atoms with Crippen molar-refractivity contribution in [1.29, 1.82) is 0 Å². The van der Waals surface area contributed by atoms with Crippen LogP contribution >= 0.6 is 11.8 Å². The topological polar surface area (TPSA) is 98.5 Å². The van der Waals surface area contributed by atoms with E-state index in [9.17, 15) is 4.79 Å². The molecular formula is C20H17N7OS. The van der Waals surface area contributed by atoms with Crippen molar-refractivity contribution in [2.45, 2.75) is 17.5 Å². The molecule has 0 aliphatic rings. The number of para-hydroxylation sites is 1. The first-order valence-corrected chi connectivity index (χ1v) is 9.88. The largest absolute Gasteiger partial charge is 0.345 e. The summed E-state index contributed by atoms with van der Waals surface area (Å²) in [5, 5.41) is 11.8. The second kappa shape index (κ2) is 9.07. The highest BCUT2D eigenvalue weighted by Crippen LogP contribution is 2.22. The van der Waals surface area contributed by atoms with Gasteiger partial charge < -0.3 is 5.32 Å². The van der Waals surface area contributed by atoms with E-state index in [1.54, 1.807) is 29.3 Å². The number of carbonyl (C=O) groups is 1. The van der Waals surface area contributed by atoms with Crippen LogP contribution in [-0.4, -0.2) is 35.9 Å². The van der Waals surface area contributed by atoms with Crippen LogP contribution in [0.25, 0.3) is 5.69 Å². The van der Waals surface area contributed by atoms with Crippen LogP contribution < -0.4 is 5.32 Å². The monoisotopic (exact) mass is 403 g/mol. The highest BCUT2D eigenvalue weighted by atomic mass is 32.2. The second-order valence-corrected chi connectivity index (χ2v) is 6.90. The molecule has 1 amide bonds. The maximum absolute atomic E-state index is 12.8. The number of nitrogens with zero attached hydrogens (tertiary/aromatic N) is 6. The van der Waals surface area contributed by atoms with Crippen LogP contribution in [0.3, 0.4) is 0 Å².